The maximum Gasteiger partial charge on any atom is 0.260 e. The molecule has 0 atom stereocenters. The van der Waals surface area contributed by atoms with Gasteiger partial charge in [-0.25, -0.2) is 8.42 Å². The number of amides is 1. The molecule has 1 heterocycles. The van der Waals surface area contributed by atoms with E-state index in [4.69, 9.17) is 0 Å². The Labute approximate surface area is 130 Å². The maximum atomic E-state index is 11.9. The summed E-state index contributed by atoms with van der Waals surface area (Å²) in [4.78, 5) is 26.1. The minimum absolute atomic E-state index is 0.0504. The van der Waals surface area contributed by atoms with Gasteiger partial charge >= 0.3 is 0 Å². The molecule has 1 rings (SSSR count). The third kappa shape index (κ3) is 5.27. The largest absolute Gasteiger partial charge is 0.352 e. The van der Waals surface area contributed by atoms with Crippen molar-refractivity contribution in [1.82, 2.24) is 14.6 Å². The second-order valence-electron chi connectivity index (χ2n) is 5.46. The van der Waals surface area contributed by atoms with Gasteiger partial charge in [-0.15, -0.1) is 0 Å². The lowest BCUT2D eigenvalue weighted by Gasteiger charge is -2.23. The summed E-state index contributed by atoms with van der Waals surface area (Å²) in [6.07, 6.45) is 1.64. The van der Waals surface area contributed by atoms with Gasteiger partial charge in [0.25, 0.3) is 11.5 Å². The van der Waals surface area contributed by atoms with Crippen molar-refractivity contribution in [2.75, 3.05) is 19.3 Å². The van der Waals surface area contributed by atoms with Crippen molar-refractivity contribution in [2.45, 2.75) is 33.2 Å². The van der Waals surface area contributed by atoms with Crippen LogP contribution in [0.2, 0.25) is 0 Å². The summed E-state index contributed by atoms with van der Waals surface area (Å²) in [5.74, 6) is -0.461. The van der Waals surface area contributed by atoms with Crippen molar-refractivity contribution in [3.8, 4) is 0 Å². The number of hydrogen-bond donors (Lipinski definition) is 2. The monoisotopic (exact) mass is 329 g/mol. The van der Waals surface area contributed by atoms with Gasteiger partial charge in [-0.05, 0) is 39.3 Å². The summed E-state index contributed by atoms with van der Waals surface area (Å²) in [7, 11) is -3.26. The van der Waals surface area contributed by atoms with Crippen LogP contribution in [-0.4, -0.2) is 49.0 Å². The second-order valence-corrected chi connectivity index (χ2v) is 7.40. The molecule has 0 saturated carbocycles. The van der Waals surface area contributed by atoms with E-state index in [9.17, 15) is 18.0 Å². The Morgan fingerprint density at radius 2 is 2.00 bits per heavy atom. The number of pyridine rings is 1. The molecule has 1 aromatic rings. The van der Waals surface area contributed by atoms with Crippen LogP contribution in [0.3, 0.4) is 0 Å². The number of nitrogens with zero attached hydrogens (tertiary/aromatic N) is 1. The molecule has 0 saturated heterocycles. The van der Waals surface area contributed by atoms with Crippen LogP contribution in [-0.2, 0) is 10.0 Å². The summed E-state index contributed by atoms with van der Waals surface area (Å²) in [6.45, 7) is 5.94. The lowest BCUT2D eigenvalue weighted by atomic mass is 10.2. The fourth-order valence-corrected chi connectivity index (χ4v) is 3.32. The summed E-state index contributed by atoms with van der Waals surface area (Å²) in [5.41, 5.74) is 0.300. The van der Waals surface area contributed by atoms with Gasteiger partial charge in [-0.3, -0.25) is 9.59 Å². The van der Waals surface area contributed by atoms with Crippen molar-refractivity contribution in [2.24, 2.45) is 0 Å². The number of carbonyl (C=O) groups is 1. The van der Waals surface area contributed by atoms with Gasteiger partial charge in [0.15, 0.2) is 0 Å². The summed E-state index contributed by atoms with van der Waals surface area (Å²) < 4.78 is 24.6. The molecule has 0 unspecified atom stereocenters. The van der Waals surface area contributed by atoms with Crippen LogP contribution < -0.4 is 10.9 Å². The number of hydrogen-bond acceptors (Lipinski definition) is 4. The van der Waals surface area contributed by atoms with Gasteiger partial charge in [0, 0.05) is 24.8 Å². The van der Waals surface area contributed by atoms with Crippen molar-refractivity contribution in [3.63, 3.8) is 0 Å². The molecule has 2 N–H and O–H groups in total. The van der Waals surface area contributed by atoms with Crippen LogP contribution in [0.1, 0.15) is 36.3 Å². The molecular formula is C14H23N3O4S. The Balaban J connectivity index is 2.54. The predicted molar refractivity (Wildman–Crippen MR) is 85.4 cm³/mol. The summed E-state index contributed by atoms with van der Waals surface area (Å²) in [6, 6.07) is 2.99. The zero-order valence-electron chi connectivity index (χ0n) is 13.3. The van der Waals surface area contributed by atoms with Crippen molar-refractivity contribution in [3.05, 3.63) is 33.7 Å². The van der Waals surface area contributed by atoms with E-state index in [1.807, 2.05) is 0 Å². The van der Waals surface area contributed by atoms with E-state index in [2.05, 4.69) is 10.3 Å². The molecule has 7 nitrogen and oxygen atoms in total. The molecule has 0 spiro atoms. The number of H-pyrrole nitrogens is 1. The maximum absolute atomic E-state index is 11.9. The van der Waals surface area contributed by atoms with E-state index in [-0.39, 0.29) is 11.6 Å². The van der Waals surface area contributed by atoms with Crippen molar-refractivity contribution in [1.29, 1.82) is 0 Å². The van der Waals surface area contributed by atoms with Crippen LogP contribution >= 0.6 is 0 Å². The lowest BCUT2D eigenvalue weighted by molar-refractivity contribution is 0.0951. The molecule has 1 aromatic heterocycles. The molecule has 0 fully saturated rings. The minimum Gasteiger partial charge on any atom is -0.352 e. The highest BCUT2D eigenvalue weighted by molar-refractivity contribution is 7.88. The first-order valence-electron chi connectivity index (χ1n) is 7.08. The topological polar surface area (TPSA) is 99.3 Å². The fourth-order valence-electron chi connectivity index (χ4n) is 2.09. The molecule has 0 aliphatic rings. The van der Waals surface area contributed by atoms with Gasteiger partial charge in [0.2, 0.25) is 10.0 Å². The first kappa shape index (κ1) is 18.4. The average Bonchev–Trinajstić information content (AvgIpc) is 2.35. The number of aryl methyl sites for hydroxylation is 1. The highest BCUT2D eigenvalue weighted by atomic mass is 32.2. The minimum atomic E-state index is -3.26. The molecule has 124 valence electrons. The van der Waals surface area contributed by atoms with Gasteiger partial charge in [-0.1, -0.05) is 0 Å². The van der Waals surface area contributed by atoms with Crippen molar-refractivity contribution < 1.29 is 13.2 Å². The highest BCUT2D eigenvalue weighted by Crippen LogP contribution is 2.05. The Hall–Kier alpha value is -1.67. The van der Waals surface area contributed by atoms with Crippen molar-refractivity contribution >= 4 is 15.9 Å². The van der Waals surface area contributed by atoms with E-state index in [0.29, 0.717) is 25.2 Å². The lowest BCUT2D eigenvalue weighted by Crippen LogP contribution is -2.38. The molecule has 1 amide bonds. The molecule has 0 radical (unpaired) electrons. The van der Waals surface area contributed by atoms with Crippen LogP contribution in [0.15, 0.2) is 16.9 Å². The van der Waals surface area contributed by atoms with Crippen LogP contribution in [0.4, 0.5) is 0 Å². The first-order chi connectivity index (χ1) is 10.1. The number of aromatic nitrogens is 1. The van der Waals surface area contributed by atoms with Gasteiger partial charge in [0.1, 0.15) is 5.56 Å². The zero-order chi connectivity index (χ0) is 16.9. The third-order valence-electron chi connectivity index (χ3n) is 3.14. The quantitative estimate of drug-likeness (QED) is 0.710. The Morgan fingerprint density at radius 3 is 2.50 bits per heavy atom. The number of aromatic amines is 1. The highest BCUT2D eigenvalue weighted by Gasteiger charge is 2.19. The van der Waals surface area contributed by atoms with E-state index >= 15 is 0 Å². The second kappa shape index (κ2) is 7.55. The van der Waals surface area contributed by atoms with Gasteiger partial charge in [-0.2, -0.15) is 4.31 Å². The van der Waals surface area contributed by atoms with Gasteiger partial charge in [0.05, 0.1) is 6.26 Å². The number of sulfonamides is 1. The zero-order valence-corrected chi connectivity index (χ0v) is 14.2. The standard InChI is InChI=1S/C14H23N3O4S/c1-10(2)17(22(4,20)21)9-5-8-15-13(18)12-7-6-11(3)16-14(12)19/h6-7,10H,5,8-9H2,1-4H3,(H,15,18)(H,16,19). The van der Waals surface area contributed by atoms with Crippen LogP contribution in [0.25, 0.3) is 0 Å². The number of carbonyl (C=O) groups excluding carboxylic acids is 1. The molecule has 0 aromatic carbocycles. The fraction of sp³-hybridized carbons (Fsp3) is 0.571. The van der Waals surface area contributed by atoms with E-state index in [1.54, 1.807) is 26.8 Å². The normalized spacial score (nSPS) is 11.9. The third-order valence-corrected chi connectivity index (χ3v) is 4.60. The summed E-state index contributed by atoms with van der Waals surface area (Å²) in [5, 5.41) is 2.62. The number of rotatable bonds is 7. The molecule has 8 heteroatoms. The summed E-state index contributed by atoms with van der Waals surface area (Å²) >= 11 is 0. The molecule has 0 aliphatic carbocycles. The van der Waals surface area contributed by atoms with Crippen LogP contribution in [0, 0.1) is 6.92 Å². The molecule has 0 bridgehead atoms. The average molecular weight is 329 g/mol. The Morgan fingerprint density at radius 1 is 1.36 bits per heavy atom. The molecule has 0 aliphatic heterocycles. The van der Waals surface area contributed by atoms with Crippen LogP contribution in [0.5, 0.6) is 0 Å². The van der Waals surface area contributed by atoms with E-state index in [1.165, 1.54) is 10.4 Å². The smallest absolute Gasteiger partial charge is 0.260 e. The number of nitrogens with one attached hydrogen (secondary N) is 2. The Bertz CT molecular complexity index is 680. The van der Waals surface area contributed by atoms with Gasteiger partial charge < -0.3 is 10.3 Å². The Kier molecular flexibility index (Phi) is 6.31. The predicted octanol–water partition coefficient (Wildman–Crippen LogP) is 0.473. The van der Waals surface area contributed by atoms with E-state index < -0.39 is 21.5 Å². The molecule has 22 heavy (non-hydrogen) atoms. The van der Waals surface area contributed by atoms with E-state index in [0.717, 1.165) is 6.26 Å². The SMILES string of the molecule is Cc1ccc(C(=O)NCCCN(C(C)C)S(C)(=O)=O)c(=O)[nH]1. The molecular weight excluding hydrogens is 306 g/mol. The first-order valence-corrected chi connectivity index (χ1v) is 8.92.